The third-order valence-electron chi connectivity index (χ3n) is 3.95. The number of para-hydroxylation sites is 1. The monoisotopic (exact) mass is 339 g/mol. The molecule has 1 aromatic heterocycles. The van der Waals surface area contributed by atoms with Crippen molar-refractivity contribution in [2.75, 3.05) is 10.6 Å². The Labute approximate surface area is 142 Å². The van der Waals surface area contributed by atoms with Gasteiger partial charge in [0.1, 0.15) is 18.2 Å². The molecular formula is C18H14FN3O3. The summed E-state index contributed by atoms with van der Waals surface area (Å²) in [6, 6.07) is 11.4. The zero-order valence-electron chi connectivity index (χ0n) is 13.3. The van der Waals surface area contributed by atoms with Crippen molar-refractivity contribution < 1.29 is 18.4 Å². The van der Waals surface area contributed by atoms with Crippen molar-refractivity contribution in [3.8, 4) is 17.1 Å². The van der Waals surface area contributed by atoms with Gasteiger partial charge in [0.25, 0.3) is 0 Å². The van der Waals surface area contributed by atoms with Gasteiger partial charge in [0.05, 0.1) is 11.1 Å². The number of ether oxygens (including phenoxy) is 1. The van der Waals surface area contributed by atoms with Crippen molar-refractivity contribution in [3.63, 3.8) is 0 Å². The molecule has 0 radical (unpaired) electrons. The van der Waals surface area contributed by atoms with Crippen LogP contribution in [0.2, 0.25) is 0 Å². The summed E-state index contributed by atoms with van der Waals surface area (Å²) in [6.45, 7) is 1.89. The maximum Gasteiger partial charge on any atom is 0.324 e. The van der Waals surface area contributed by atoms with Gasteiger partial charge in [0, 0.05) is 5.69 Å². The molecule has 126 valence electrons. The maximum atomic E-state index is 13.6. The Balaban J connectivity index is 1.53. The van der Waals surface area contributed by atoms with E-state index >= 15 is 0 Å². The number of carbonyl (C=O) groups is 1. The molecule has 0 saturated carbocycles. The van der Waals surface area contributed by atoms with Crippen molar-refractivity contribution in [2.45, 2.75) is 13.5 Å². The molecule has 0 spiro atoms. The zero-order chi connectivity index (χ0) is 17.4. The molecule has 3 aromatic rings. The lowest BCUT2D eigenvalue weighted by Crippen LogP contribution is -2.21. The van der Waals surface area contributed by atoms with Gasteiger partial charge in [0.2, 0.25) is 0 Å². The van der Waals surface area contributed by atoms with Crippen LogP contribution < -0.4 is 15.4 Å². The van der Waals surface area contributed by atoms with Crippen LogP contribution in [0.25, 0.3) is 11.3 Å². The molecule has 0 bridgehead atoms. The molecule has 2 heterocycles. The van der Waals surface area contributed by atoms with Crippen LogP contribution in [0.3, 0.4) is 0 Å². The third kappa shape index (κ3) is 2.80. The Morgan fingerprint density at radius 1 is 1.20 bits per heavy atom. The first-order valence-electron chi connectivity index (χ1n) is 7.67. The number of halogens is 1. The predicted octanol–water partition coefficient (Wildman–Crippen LogP) is 4.33. The van der Waals surface area contributed by atoms with Crippen LogP contribution in [0.15, 0.2) is 47.0 Å². The summed E-state index contributed by atoms with van der Waals surface area (Å²) in [5.41, 5.74) is 2.29. The first kappa shape index (κ1) is 15.2. The lowest BCUT2D eigenvalue weighted by molar-refractivity contribution is 0.262. The van der Waals surface area contributed by atoms with Gasteiger partial charge in [-0.25, -0.2) is 9.18 Å². The molecular weight excluding hydrogens is 325 g/mol. The smallest absolute Gasteiger partial charge is 0.324 e. The molecule has 2 amide bonds. The van der Waals surface area contributed by atoms with E-state index in [1.807, 2.05) is 24.3 Å². The van der Waals surface area contributed by atoms with Crippen LogP contribution in [-0.2, 0) is 6.61 Å². The van der Waals surface area contributed by atoms with Crippen molar-refractivity contribution in [1.82, 2.24) is 5.16 Å². The van der Waals surface area contributed by atoms with Crippen LogP contribution in [0, 0.1) is 12.7 Å². The van der Waals surface area contributed by atoms with Gasteiger partial charge in [-0.15, -0.1) is 0 Å². The van der Waals surface area contributed by atoms with Gasteiger partial charge in [-0.3, -0.25) is 5.32 Å². The lowest BCUT2D eigenvalue weighted by atomic mass is 10.1. The highest BCUT2D eigenvalue weighted by Gasteiger charge is 2.26. The number of hydrogen-bond donors (Lipinski definition) is 2. The average molecular weight is 339 g/mol. The Hall–Kier alpha value is -3.35. The van der Waals surface area contributed by atoms with E-state index in [0.29, 0.717) is 28.3 Å². The summed E-state index contributed by atoms with van der Waals surface area (Å²) >= 11 is 0. The minimum absolute atomic E-state index is 0.241. The van der Waals surface area contributed by atoms with Gasteiger partial charge in [-0.1, -0.05) is 23.4 Å². The van der Waals surface area contributed by atoms with Crippen LogP contribution in [0.1, 0.15) is 11.1 Å². The highest BCUT2D eigenvalue weighted by Crippen LogP contribution is 2.40. The lowest BCUT2D eigenvalue weighted by Gasteiger charge is -2.16. The van der Waals surface area contributed by atoms with Gasteiger partial charge < -0.3 is 14.6 Å². The molecule has 0 aliphatic carbocycles. The molecule has 1 aliphatic heterocycles. The molecule has 0 atom stereocenters. The predicted molar refractivity (Wildman–Crippen MR) is 90.0 cm³/mol. The number of carbonyl (C=O) groups excluding carboxylic acids is 1. The quantitative estimate of drug-likeness (QED) is 0.729. The average Bonchev–Trinajstić information content (AvgIpc) is 3.01. The number of nitrogens with zero attached hydrogens (tertiary/aromatic N) is 1. The van der Waals surface area contributed by atoms with Gasteiger partial charge >= 0.3 is 6.03 Å². The Bertz CT molecular complexity index is 968. The number of aromatic nitrogens is 1. The van der Waals surface area contributed by atoms with E-state index in [9.17, 15) is 9.18 Å². The summed E-state index contributed by atoms with van der Waals surface area (Å²) in [6.07, 6.45) is 0. The van der Waals surface area contributed by atoms with Crippen LogP contribution in [0.5, 0.6) is 5.75 Å². The number of nitrogens with one attached hydrogen (secondary N) is 2. The topological polar surface area (TPSA) is 76.4 Å². The van der Waals surface area contributed by atoms with E-state index < -0.39 is 6.03 Å². The molecule has 0 saturated heterocycles. The normalized spacial score (nSPS) is 11.9. The van der Waals surface area contributed by atoms with Crippen LogP contribution >= 0.6 is 0 Å². The van der Waals surface area contributed by atoms with E-state index in [1.54, 1.807) is 19.1 Å². The fourth-order valence-corrected chi connectivity index (χ4v) is 2.62. The molecule has 2 N–H and O–H groups in total. The molecule has 0 fully saturated rings. The van der Waals surface area contributed by atoms with Crippen molar-refractivity contribution in [2.24, 2.45) is 0 Å². The number of amides is 2. The minimum atomic E-state index is -0.543. The van der Waals surface area contributed by atoms with Crippen molar-refractivity contribution in [3.05, 3.63) is 59.4 Å². The van der Waals surface area contributed by atoms with E-state index in [-0.39, 0.29) is 18.2 Å². The molecule has 0 unspecified atom stereocenters. The highest BCUT2D eigenvalue weighted by molar-refractivity contribution is 6.00. The summed E-state index contributed by atoms with van der Waals surface area (Å²) < 4.78 is 24.6. The summed E-state index contributed by atoms with van der Waals surface area (Å²) in [7, 11) is 0. The summed E-state index contributed by atoms with van der Waals surface area (Å²) in [5.74, 6) is 1.16. The van der Waals surface area contributed by atoms with E-state index in [1.165, 1.54) is 6.07 Å². The first-order valence-corrected chi connectivity index (χ1v) is 7.67. The SMILES string of the molecule is Cc1ccc(NC(=O)Nc2noc3c2COc2ccccc2-3)cc1F. The summed E-state index contributed by atoms with van der Waals surface area (Å²) in [4.78, 5) is 12.1. The number of benzene rings is 2. The molecule has 7 heteroatoms. The van der Waals surface area contributed by atoms with Crippen molar-refractivity contribution in [1.29, 1.82) is 0 Å². The number of hydrogen-bond acceptors (Lipinski definition) is 4. The van der Waals surface area contributed by atoms with E-state index in [4.69, 9.17) is 9.26 Å². The second-order valence-corrected chi connectivity index (χ2v) is 5.67. The van der Waals surface area contributed by atoms with E-state index in [2.05, 4.69) is 15.8 Å². The molecule has 6 nitrogen and oxygen atoms in total. The second kappa shape index (κ2) is 5.94. The number of urea groups is 1. The standard InChI is InChI=1S/C18H14FN3O3/c1-10-6-7-11(8-14(10)19)20-18(23)21-17-13-9-24-15-5-3-2-4-12(15)16(13)25-22-17/h2-8H,9H2,1H3,(H2,20,21,22,23). The molecule has 4 rings (SSSR count). The number of anilines is 2. The largest absolute Gasteiger partial charge is 0.488 e. The van der Waals surface area contributed by atoms with Crippen molar-refractivity contribution >= 4 is 17.5 Å². The van der Waals surface area contributed by atoms with Crippen LogP contribution in [0.4, 0.5) is 20.7 Å². The van der Waals surface area contributed by atoms with Gasteiger partial charge in [0.15, 0.2) is 11.6 Å². The highest BCUT2D eigenvalue weighted by atomic mass is 19.1. The van der Waals surface area contributed by atoms with Gasteiger partial charge in [-0.2, -0.15) is 0 Å². The second-order valence-electron chi connectivity index (χ2n) is 5.67. The molecule has 1 aliphatic rings. The Morgan fingerprint density at radius 3 is 2.88 bits per heavy atom. The number of fused-ring (bicyclic) bond motifs is 3. The maximum absolute atomic E-state index is 13.6. The van der Waals surface area contributed by atoms with Gasteiger partial charge in [-0.05, 0) is 36.8 Å². The van der Waals surface area contributed by atoms with E-state index in [0.717, 1.165) is 5.56 Å². The van der Waals surface area contributed by atoms with Crippen LogP contribution in [-0.4, -0.2) is 11.2 Å². The molecule has 2 aromatic carbocycles. The molecule has 25 heavy (non-hydrogen) atoms. The fourth-order valence-electron chi connectivity index (χ4n) is 2.62. The number of aryl methyl sites for hydroxylation is 1. The first-order chi connectivity index (χ1) is 12.1. The summed E-state index contributed by atoms with van der Waals surface area (Å²) in [5, 5.41) is 9.08. The zero-order valence-corrected chi connectivity index (χ0v) is 13.3. The minimum Gasteiger partial charge on any atom is -0.488 e. The Kier molecular flexibility index (Phi) is 3.61. The Morgan fingerprint density at radius 2 is 2.04 bits per heavy atom. The third-order valence-corrected chi connectivity index (χ3v) is 3.95. The fraction of sp³-hybridized carbons (Fsp3) is 0.111. The number of rotatable bonds is 2.